The summed E-state index contributed by atoms with van der Waals surface area (Å²) in [5.74, 6) is 1.13. The van der Waals surface area contributed by atoms with Gasteiger partial charge in [0.1, 0.15) is 5.69 Å². The van der Waals surface area contributed by atoms with Crippen molar-refractivity contribution in [2.45, 2.75) is 19.8 Å². The Bertz CT molecular complexity index is 611. The lowest BCUT2D eigenvalue weighted by molar-refractivity contribution is -0.131. The van der Waals surface area contributed by atoms with Gasteiger partial charge in [0, 0.05) is 38.3 Å². The summed E-state index contributed by atoms with van der Waals surface area (Å²) in [6, 6.07) is 0. The number of likely N-dealkylation sites (tertiary alicyclic amines) is 2. The van der Waals surface area contributed by atoms with Gasteiger partial charge in [-0.15, -0.1) is 0 Å². The molecular weight excluding hydrogens is 280 g/mol. The standard InChI is InChI=1S/C16H20N4O2/c1-10-4-18-14(5-17-10)16(22)20-8-12-7-19(6-11-2-3-11)15(21)13(12)9-20/h4-5,11-13H,2-3,6-9H2,1H3/t12-,13+/m0/s1. The maximum absolute atomic E-state index is 12.5. The third-order valence-corrected chi connectivity index (χ3v) is 4.99. The number of nitrogens with zero attached hydrogens (tertiary/aromatic N) is 4. The first-order valence-electron chi connectivity index (χ1n) is 7.98. The number of carbonyl (C=O) groups is 2. The number of rotatable bonds is 3. The number of carbonyl (C=O) groups excluding carboxylic acids is 2. The molecule has 0 unspecified atom stereocenters. The highest BCUT2D eigenvalue weighted by Crippen LogP contribution is 2.36. The van der Waals surface area contributed by atoms with E-state index in [0.29, 0.717) is 18.8 Å². The molecule has 0 N–H and O–H groups in total. The minimum absolute atomic E-state index is 0.0129. The summed E-state index contributed by atoms with van der Waals surface area (Å²) in [6.45, 7) is 4.76. The van der Waals surface area contributed by atoms with E-state index in [1.54, 1.807) is 11.1 Å². The SMILES string of the molecule is Cc1cnc(C(=O)N2C[C@@H]3CN(CC4CC4)C(=O)[C@@H]3C2)cn1. The molecule has 3 aliphatic rings. The predicted octanol–water partition coefficient (Wildman–Crippen LogP) is 0.725. The first-order valence-corrected chi connectivity index (χ1v) is 7.98. The molecule has 0 spiro atoms. The van der Waals surface area contributed by atoms with E-state index in [1.807, 2.05) is 11.8 Å². The van der Waals surface area contributed by atoms with E-state index in [0.717, 1.165) is 24.7 Å². The van der Waals surface area contributed by atoms with Gasteiger partial charge < -0.3 is 9.80 Å². The Hall–Kier alpha value is -1.98. The molecule has 2 amide bonds. The van der Waals surface area contributed by atoms with Crippen LogP contribution in [0.5, 0.6) is 0 Å². The summed E-state index contributed by atoms with van der Waals surface area (Å²) in [6.07, 6.45) is 5.64. The first-order chi connectivity index (χ1) is 10.6. The predicted molar refractivity (Wildman–Crippen MR) is 79.0 cm³/mol. The van der Waals surface area contributed by atoms with Crippen LogP contribution in [-0.4, -0.2) is 57.8 Å². The van der Waals surface area contributed by atoms with Crippen molar-refractivity contribution in [3.8, 4) is 0 Å². The molecule has 0 aromatic carbocycles. The molecule has 1 aliphatic carbocycles. The summed E-state index contributed by atoms with van der Waals surface area (Å²) in [7, 11) is 0. The molecule has 116 valence electrons. The minimum Gasteiger partial charge on any atom is -0.342 e. The molecule has 2 aliphatic heterocycles. The molecule has 1 aromatic rings. The number of aryl methyl sites for hydroxylation is 1. The maximum atomic E-state index is 12.5. The lowest BCUT2D eigenvalue weighted by Gasteiger charge is -2.21. The van der Waals surface area contributed by atoms with E-state index in [-0.39, 0.29) is 23.7 Å². The molecule has 2 saturated heterocycles. The molecule has 0 radical (unpaired) electrons. The highest BCUT2D eigenvalue weighted by Gasteiger charge is 2.48. The molecule has 6 nitrogen and oxygen atoms in total. The van der Waals surface area contributed by atoms with Gasteiger partial charge in [-0.2, -0.15) is 0 Å². The molecule has 2 atom stereocenters. The lowest BCUT2D eigenvalue weighted by Crippen LogP contribution is -2.36. The Morgan fingerprint density at radius 1 is 1.23 bits per heavy atom. The number of hydrogen-bond acceptors (Lipinski definition) is 4. The van der Waals surface area contributed by atoms with Crippen LogP contribution < -0.4 is 0 Å². The van der Waals surface area contributed by atoms with Crippen molar-refractivity contribution in [2.24, 2.45) is 17.8 Å². The van der Waals surface area contributed by atoms with E-state index in [4.69, 9.17) is 0 Å². The van der Waals surface area contributed by atoms with Crippen LogP contribution in [-0.2, 0) is 4.79 Å². The van der Waals surface area contributed by atoms with Crippen molar-refractivity contribution in [3.05, 3.63) is 23.8 Å². The Morgan fingerprint density at radius 3 is 2.68 bits per heavy atom. The van der Waals surface area contributed by atoms with Gasteiger partial charge in [0.05, 0.1) is 17.8 Å². The Morgan fingerprint density at radius 2 is 2.05 bits per heavy atom. The highest BCUT2D eigenvalue weighted by molar-refractivity contribution is 5.93. The summed E-state index contributed by atoms with van der Waals surface area (Å²) in [5.41, 5.74) is 1.16. The van der Waals surface area contributed by atoms with Gasteiger partial charge in [-0.05, 0) is 25.7 Å². The zero-order chi connectivity index (χ0) is 15.3. The normalized spacial score (nSPS) is 27.4. The first kappa shape index (κ1) is 13.7. The van der Waals surface area contributed by atoms with Crippen molar-refractivity contribution in [2.75, 3.05) is 26.2 Å². The minimum atomic E-state index is -0.108. The second-order valence-corrected chi connectivity index (χ2v) is 6.81. The average Bonchev–Trinajstić information content (AvgIpc) is 3.15. The Labute approximate surface area is 129 Å². The second kappa shape index (κ2) is 5.04. The van der Waals surface area contributed by atoms with Crippen molar-refractivity contribution in [1.82, 2.24) is 19.8 Å². The van der Waals surface area contributed by atoms with Crippen molar-refractivity contribution in [1.29, 1.82) is 0 Å². The largest absolute Gasteiger partial charge is 0.342 e. The topological polar surface area (TPSA) is 66.4 Å². The lowest BCUT2D eigenvalue weighted by atomic mass is 10.0. The van der Waals surface area contributed by atoms with Crippen LogP contribution in [0.3, 0.4) is 0 Å². The average molecular weight is 300 g/mol. The van der Waals surface area contributed by atoms with Gasteiger partial charge >= 0.3 is 0 Å². The number of hydrogen-bond donors (Lipinski definition) is 0. The molecule has 0 bridgehead atoms. The van der Waals surface area contributed by atoms with Crippen molar-refractivity contribution >= 4 is 11.8 Å². The van der Waals surface area contributed by atoms with Gasteiger partial charge in [-0.1, -0.05) is 0 Å². The van der Waals surface area contributed by atoms with Crippen LogP contribution in [0.25, 0.3) is 0 Å². The van der Waals surface area contributed by atoms with E-state index < -0.39 is 0 Å². The third kappa shape index (κ3) is 2.36. The van der Waals surface area contributed by atoms with E-state index in [1.165, 1.54) is 19.0 Å². The molecule has 4 rings (SSSR count). The van der Waals surface area contributed by atoms with Crippen LogP contribution >= 0.6 is 0 Å². The van der Waals surface area contributed by atoms with E-state index in [2.05, 4.69) is 9.97 Å². The molecular formula is C16H20N4O2. The molecule has 3 fully saturated rings. The summed E-state index contributed by atoms with van der Waals surface area (Å²) in [5, 5.41) is 0. The zero-order valence-electron chi connectivity index (χ0n) is 12.7. The fourth-order valence-corrected chi connectivity index (χ4v) is 3.55. The number of fused-ring (bicyclic) bond motifs is 1. The van der Waals surface area contributed by atoms with Crippen LogP contribution in [0.4, 0.5) is 0 Å². The fourth-order valence-electron chi connectivity index (χ4n) is 3.55. The van der Waals surface area contributed by atoms with Gasteiger partial charge in [0.25, 0.3) is 5.91 Å². The second-order valence-electron chi connectivity index (χ2n) is 6.81. The van der Waals surface area contributed by atoms with Gasteiger partial charge in [0.15, 0.2) is 0 Å². The van der Waals surface area contributed by atoms with Crippen molar-refractivity contribution in [3.63, 3.8) is 0 Å². The van der Waals surface area contributed by atoms with E-state index >= 15 is 0 Å². The van der Waals surface area contributed by atoms with Crippen LogP contribution in [0.15, 0.2) is 12.4 Å². The summed E-state index contributed by atoms with van der Waals surface area (Å²) >= 11 is 0. The Balaban J connectivity index is 1.42. The Kier molecular flexibility index (Phi) is 3.13. The number of amides is 2. The van der Waals surface area contributed by atoms with Crippen LogP contribution in [0, 0.1) is 24.7 Å². The smallest absolute Gasteiger partial charge is 0.274 e. The van der Waals surface area contributed by atoms with Gasteiger partial charge in [-0.25, -0.2) is 4.98 Å². The molecule has 6 heteroatoms. The van der Waals surface area contributed by atoms with Crippen LogP contribution in [0.2, 0.25) is 0 Å². The van der Waals surface area contributed by atoms with Gasteiger partial charge in [-0.3, -0.25) is 14.6 Å². The molecule has 3 heterocycles. The maximum Gasteiger partial charge on any atom is 0.274 e. The molecule has 1 saturated carbocycles. The fraction of sp³-hybridized carbons (Fsp3) is 0.625. The van der Waals surface area contributed by atoms with E-state index in [9.17, 15) is 9.59 Å². The highest BCUT2D eigenvalue weighted by atomic mass is 16.2. The summed E-state index contributed by atoms with van der Waals surface area (Å²) in [4.78, 5) is 37.0. The molecule has 22 heavy (non-hydrogen) atoms. The number of aromatic nitrogens is 2. The third-order valence-electron chi connectivity index (χ3n) is 4.99. The van der Waals surface area contributed by atoms with Gasteiger partial charge in [0.2, 0.25) is 5.91 Å². The molecule has 1 aromatic heterocycles. The quantitative estimate of drug-likeness (QED) is 0.825. The monoisotopic (exact) mass is 300 g/mol. The van der Waals surface area contributed by atoms with Crippen LogP contribution in [0.1, 0.15) is 29.0 Å². The zero-order valence-corrected chi connectivity index (χ0v) is 12.7. The summed E-state index contributed by atoms with van der Waals surface area (Å²) < 4.78 is 0. The van der Waals surface area contributed by atoms with Crippen molar-refractivity contribution < 1.29 is 9.59 Å².